The van der Waals surface area contributed by atoms with Gasteiger partial charge in [0.2, 0.25) is 26.0 Å². The van der Waals surface area contributed by atoms with Gasteiger partial charge < -0.3 is 10.3 Å². The van der Waals surface area contributed by atoms with Crippen LogP contribution in [0.2, 0.25) is 0 Å². The summed E-state index contributed by atoms with van der Waals surface area (Å²) in [5.74, 6) is 0.299. The Morgan fingerprint density at radius 1 is 0.912 bits per heavy atom. The fraction of sp³-hybridized carbons (Fsp3) is 0.0952. The lowest BCUT2D eigenvalue weighted by molar-refractivity contribution is 0.590. The molecule has 0 spiro atoms. The number of hydrogen-bond donors (Lipinski definition) is 2. The van der Waals surface area contributed by atoms with Gasteiger partial charge in [-0.1, -0.05) is 0 Å². The second kappa shape index (κ2) is 7.81. The zero-order valence-corrected chi connectivity index (χ0v) is 19.7. The number of rotatable bonds is 6. The number of aromatic amines is 1. The van der Waals surface area contributed by atoms with E-state index in [1.54, 1.807) is 29.2 Å². The largest absolute Gasteiger partial charge is 0.361 e. The topological polar surface area (TPSA) is 143 Å². The summed E-state index contributed by atoms with van der Waals surface area (Å²) in [6, 6.07) is 13.8. The first kappa shape index (κ1) is 21.9. The molecule has 13 heteroatoms. The van der Waals surface area contributed by atoms with Crippen molar-refractivity contribution in [3.8, 4) is 5.69 Å². The minimum Gasteiger partial charge on any atom is -0.361 e. The molecule has 0 fully saturated rings. The highest BCUT2D eigenvalue weighted by atomic mass is 32.3. The SMILES string of the molecule is CS(=O)(=O)N(c1ccc(Nc2ncc3cnn(-c4ccc5[nH]ccc5c4)c3n2)cc1)S(C)(=O)=O. The zero-order chi connectivity index (χ0) is 24.1. The third-order valence-electron chi connectivity index (χ3n) is 5.03. The minimum absolute atomic E-state index is 0.00476. The molecule has 34 heavy (non-hydrogen) atoms. The van der Waals surface area contributed by atoms with Gasteiger partial charge in [-0.2, -0.15) is 13.8 Å². The lowest BCUT2D eigenvalue weighted by Crippen LogP contribution is -2.35. The van der Waals surface area contributed by atoms with Crippen molar-refractivity contribution in [3.05, 3.63) is 67.1 Å². The first-order chi connectivity index (χ1) is 16.1. The van der Waals surface area contributed by atoms with Crippen LogP contribution in [-0.2, 0) is 20.0 Å². The van der Waals surface area contributed by atoms with Crippen LogP contribution in [0.25, 0.3) is 27.6 Å². The van der Waals surface area contributed by atoms with E-state index < -0.39 is 20.0 Å². The number of aromatic nitrogens is 5. The molecule has 0 unspecified atom stereocenters. The van der Waals surface area contributed by atoms with Crippen molar-refractivity contribution >= 4 is 59.3 Å². The lowest BCUT2D eigenvalue weighted by atomic mass is 10.2. The van der Waals surface area contributed by atoms with Crippen LogP contribution in [0.15, 0.2) is 67.1 Å². The molecule has 0 aliphatic heterocycles. The maximum atomic E-state index is 12.0. The van der Waals surface area contributed by atoms with Crippen molar-refractivity contribution in [2.75, 3.05) is 21.5 Å². The molecule has 3 aromatic heterocycles. The van der Waals surface area contributed by atoms with Gasteiger partial charge in [0.15, 0.2) is 5.65 Å². The van der Waals surface area contributed by atoms with Crippen molar-refractivity contribution < 1.29 is 16.8 Å². The van der Waals surface area contributed by atoms with Crippen molar-refractivity contribution in [3.63, 3.8) is 0 Å². The maximum Gasteiger partial charge on any atom is 0.245 e. The molecule has 0 atom stereocenters. The second-order valence-corrected chi connectivity index (χ2v) is 11.6. The molecular formula is C21H19N7O4S2. The number of sulfonamides is 2. The molecule has 0 aliphatic rings. The average Bonchev–Trinajstić information content (AvgIpc) is 3.39. The molecule has 174 valence electrons. The monoisotopic (exact) mass is 497 g/mol. The smallest absolute Gasteiger partial charge is 0.245 e. The van der Waals surface area contributed by atoms with Crippen molar-refractivity contribution in [1.82, 2.24) is 24.7 Å². The predicted molar refractivity (Wildman–Crippen MR) is 130 cm³/mol. The van der Waals surface area contributed by atoms with Gasteiger partial charge in [0.05, 0.1) is 35.5 Å². The summed E-state index contributed by atoms with van der Waals surface area (Å²) >= 11 is 0. The van der Waals surface area contributed by atoms with Gasteiger partial charge >= 0.3 is 0 Å². The fourth-order valence-corrected chi connectivity index (χ4v) is 6.64. The van der Waals surface area contributed by atoms with Gasteiger partial charge in [-0.3, -0.25) is 0 Å². The van der Waals surface area contributed by atoms with Crippen LogP contribution in [0.5, 0.6) is 0 Å². The second-order valence-electron chi connectivity index (χ2n) is 7.67. The molecule has 5 aromatic rings. The van der Waals surface area contributed by atoms with Crippen LogP contribution < -0.4 is 9.03 Å². The number of fused-ring (bicyclic) bond motifs is 2. The average molecular weight is 498 g/mol. The summed E-state index contributed by atoms with van der Waals surface area (Å²) in [5, 5.41) is 9.29. The molecule has 0 amide bonds. The van der Waals surface area contributed by atoms with E-state index in [1.807, 2.05) is 30.5 Å². The van der Waals surface area contributed by atoms with E-state index in [2.05, 4.69) is 25.4 Å². The van der Waals surface area contributed by atoms with E-state index in [4.69, 9.17) is 0 Å². The van der Waals surface area contributed by atoms with Crippen molar-refractivity contribution in [1.29, 1.82) is 0 Å². The highest BCUT2D eigenvalue weighted by Crippen LogP contribution is 2.25. The van der Waals surface area contributed by atoms with Crippen LogP contribution in [0.4, 0.5) is 17.3 Å². The Hall–Kier alpha value is -3.97. The molecule has 0 bridgehead atoms. The Morgan fingerprint density at radius 2 is 1.65 bits per heavy atom. The highest BCUT2D eigenvalue weighted by Gasteiger charge is 2.27. The van der Waals surface area contributed by atoms with E-state index >= 15 is 0 Å². The Kier molecular flexibility index (Phi) is 5.02. The standard InChI is InChI=1S/C21H19N7O4S2/c1-33(29,30)28(34(2,31)32)17-5-3-16(4-6-17)25-21-23-12-15-13-24-27(20(15)26-21)18-7-8-19-14(11-18)9-10-22-19/h3-13,22H,1-2H3,(H,23,25,26). The normalized spacial score (nSPS) is 12.3. The number of nitrogens with zero attached hydrogens (tertiary/aromatic N) is 5. The molecule has 3 heterocycles. The number of nitrogens with one attached hydrogen (secondary N) is 2. The van der Waals surface area contributed by atoms with Gasteiger partial charge in [-0.25, -0.2) is 26.5 Å². The summed E-state index contributed by atoms with van der Waals surface area (Å²) in [5.41, 5.74) is 3.02. The highest BCUT2D eigenvalue weighted by molar-refractivity contribution is 8.09. The van der Waals surface area contributed by atoms with E-state index in [0.717, 1.165) is 34.5 Å². The van der Waals surface area contributed by atoms with Crippen LogP contribution in [-0.4, -0.2) is 54.1 Å². The number of H-pyrrole nitrogens is 1. The van der Waals surface area contributed by atoms with E-state index in [1.165, 1.54) is 12.1 Å². The van der Waals surface area contributed by atoms with Gasteiger partial charge in [0.1, 0.15) is 0 Å². The Labute approximate surface area is 195 Å². The summed E-state index contributed by atoms with van der Waals surface area (Å²) < 4.78 is 49.9. The van der Waals surface area contributed by atoms with Crippen LogP contribution in [0.3, 0.4) is 0 Å². The molecule has 0 radical (unpaired) electrons. The van der Waals surface area contributed by atoms with Gasteiger partial charge in [-0.05, 0) is 48.5 Å². The molecule has 0 saturated heterocycles. The molecule has 11 nitrogen and oxygen atoms in total. The third kappa shape index (κ3) is 4.06. The Balaban J connectivity index is 1.46. The molecule has 2 N–H and O–H groups in total. The molecule has 5 rings (SSSR count). The Morgan fingerprint density at radius 3 is 2.35 bits per heavy atom. The third-order valence-corrected chi connectivity index (χ3v) is 8.28. The first-order valence-electron chi connectivity index (χ1n) is 9.95. The summed E-state index contributed by atoms with van der Waals surface area (Å²) in [7, 11) is -8.04. The van der Waals surface area contributed by atoms with Gasteiger partial charge in [0, 0.05) is 29.0 Å². The Bertz CT molecular complexity index is 1710. The summed E-state index contributed by atoms with van der Waals surface area (Å²) in [6.45, 7) is 0. The quantitative estimate of drug-likeness (QED) is 0.365. The molecular weight excluding hydrogens is 478 g/mol. The number of benzene rings is 2. The number of anilines is 3. The summed E-state index contributed by atoms with van der Waals surface area (Å²) in [4.78, 5) is 12.0. The van der Waals surface area contributed by atoms with Crippen LogP contribution in [0, 0.1) is 0 Å². The van der Waals surface area contributed by atoms with E-state index in [9.17, 15) is 16.8 Å². The van der Waals surface area contributed by atoms with Crippen molar-refractivity contribution in [2.45, 2.75) is 0 Å². The van der Waals surface area contributed by atoms with Crippen LogP contribution in [0.1, 0.15) is 0 Å². The zero-order valence-electron chi connectivity index (χ0n) is 18.0. The van der Waals surface area contributed by atoms with E-state index in [0.29, 0.717) is 21.0 Å². The van der Waals surface area contributed by atoms with E-state index in [-0.39, 0.29) is 5.69 Å². The van der Waals surface area contributed by atoms with Crippen LogP contribution >= 0.6 is 0 Å². The lowest BCUT2D eigenvalue weighted by Gasteiger charge is -2.19. The number of hydrogen-bond acceptors (Lipinski definition) is 8. The first-order valence-corrected chi connectivity index (χ1v) is 13.7. The predicted octanol–water partition coefficient (Wildman–Crippen LogP) is 2.77. The fourth-order valence-electron chi connectivity index (χ4n) is 3.66. The maximum absolute atomic E-state index is 12.0. The molecule has 0 saturated carbocycles. The van der Waals surface area contributed by atoms with Gasteiger partial charge in [0.25, 0.3) is 0 Å². The minimum atomic E-state index is -4.02. The summed E-state index contributed by atoms with van der Waals surface area (Å²) in [6.07, 6.45) is 6.86. The van der Waals surface area contributed by atoms with Crippen molar-refractivity contribution in [2.24, 2.45) is 0 Å². The van der Waals surface area contributed by atoms with Gasteiger partial charge in [-0.15, -0.1) is 0 Å². The molecule has 0 aliphatic carbocycles. The molecule has 2 aromatic carbocycles.